The number of nitrogens with two attached hydrogens (primary N) is 1. The molecule has 20 heavy (non-hydrogen) atoms. The molecule has 1 fully saturated rings. The smallest absolute Gasteiger partial charge is 0.243 e. The lowest BCUT2D eigenvalue weighted by atomic mass is 9.83. The maximum atomic E-state index is 12.0. The number of primary amides is 1. The Bertz CT molecular complexity index is 525. The monoisotopic (exact) mass is 359 g/mol. The van der Waals surface area contributed by atoms with E-state index in [1.807, 2.05) is 12.1 Å². The van der Waals surface area contributed by atoms with Gasteiger partial charge in [0.15, 0.2) is 0 Å². The van der Waals surface area contributed by atoms with Crippen LogP contribution in [0.4, 0.5) is 5.69 Å². The van der Waals surface area contributed by atoms with Crippen LogP contribution in [0.25, 0.3) is 0 Å². The average Bonchev–Trinajstić information content (AvgIpc) is 2.38. The summed E-state index contributed by atoms with van der Waals surface area (Å²) >= 11 is 9.38. The van der Waals surface area contributed by atoms with Gasteiger partial charge in [0.2, 0.25) is 5.91 Å². The van der Waals surface area contributed by atoms with Crippen molar-refractivity contribution >= 4 is 39.1 Å². The minimum atomic E-state index is -0.695. The van der Waals surface area contributed by atoms with Crippen LogP contribution in [0.15, 0.2) is 22.7 Å². The molecule has 3 N–H and O–H groups in total. The fraction of sp³-hybridized carbons (Fsp3) is 0.500. The second kappa shape index (κ2) is 5.92. The van der Waals surface area contributed by atoms with E-state index in [0.717, 1.165) is 16.7 Å². The molecule has 1 aliphatic rings. The van der Waals surface area contributed by atoms with Gasteiger partial charge in [0.1, 0.15) is 5.54 Å². The number of piperidine rings is 1. The minimum Gasteiger partial charge on any atom is -0.371 e. The molecule has 1 aromatic rings. The molecular formula is C14H19BrClN3O. The molecule has 0 bridgehead atoms. The summed E-state index contributed by atoms with van der Waals surface area (Å²) in [5, 5.41) is 3.96. The summed E-state index contributed by atoms with van der Waals surface area (Å²) in [6, 6.07) is 5.83. The molecule has 1 heterocycles. The zero-order valence-electron chi connectivity index (χ0n) is 11.6. The first-order valence-corrected chi connectivity index (χ1v) is 7.74. The normalized spacial score (nSPS) is 27.3. The summed E-state index contributed by atoms with van der Waals surface area (Å²) in [6.45, 7) is 2.95. The number of anilines is 1. The molecule has 1 aliphatic heterocycles. The van der Waals surface area contributed by atoms with Crippen molar-refractivity contribution in [1.82, 2.24) is 4.90 Å². The molecule has 6 heteroatoms. The van der Waals surface area contributed by atoms with Crippen LogP contribution >= 0.6 is 27.5 Å². The van der Waals surface area contributed by atoms with Gasteiger partial charge in [0, 0.05) is 22.7 Å². The van der Waals surface area contributed by atoms with E-state index in [4.69, 9.17) is 17.3 Å². The van der Waals surface area contributed by atoms with Crippen molar-refractivity contribution in [1.29, 1.82) is 0 Å². The van der Waals surface area contributed by atoms with E-state index in [1.54, 1.807) is 6.07 Å². The van der Waals surface area contributed by atoms with Gasteiger partial charge in [-0.15, -0.1) is 0 Å². The molecule has 0 aromatic heterocycles. The molecule has 1 saturated heterocycles. The summed E-state index contributed by atoms with van der Waals surface area (Å²) in [5.41, 5.74) is 5.82. The first kappa shape index (κ1) is 15.6. The third-order valence-electron chi connectivity index (χ3n) is 4.06. The molecule has 0 aliphatic carbocycles. The van der Waals surface area contributed by atoms with Gasteiger partial charge in [0.05, 0.1) is 5.02 Å². The van der Waals surface area contributed by atoms with E-state index in [2.05, 4.69) is 40.1 Å². The van der Waals surface area contributed by atoms with Gasteiger partial charge >= 0.3 is 0 Å². The minimum absolute atomic E-state index is 0.302. The Hall–Kier alpha value is -0.780. The van der Waals surface area contributed by atoms with E-state index < -0.39 is 5.54 Å². The van der Waals surface area contributed by atoms with Gasteiger partial charge in [-0.25, -0.2) is 0 Å². The van der Waals surface area contributed by atoms with Crippen LogP contribution in [-0.4, -0.2) is 36.0 Å². The topological polar surface area (TPSA) is 58.4 Å². The number of amides is 1. The largest absolute Gasteiger partial charge is 0.371 e. The van der Waals surface area contributed by atoms with E-state index in [9.17, 15) is 4.79 Å². The molecule has 1 amide bonds. The number of halogens is 2. The molecule has 4 nitrogen and oxygen atoms in total. The Morgan fingerprint density at radius 2 is 2.30 bits per heavy atom. The predicted molar refractivity (Wildman–Crippen MR) is 86.0 cm³/mol. The molecule has 2 rings (SSSR count). The first-order valence-electron chi connectivity index (χ1n) is 6.57. The average molecular weight is 361 g/mol. The van der Waals surface area contributed by atoms with E-state index >= 15 is 0 Å². The number of benzene rings is 1. The first-order chi connectivity index (χ1) is 9.34. The molecule has 1 aromatic carbocycles. The lowest BCUT2D eigenvalue weighted by molar-refractivity contribution is -0.124. The van der Waals surface area contributed by atoms with Crippen LogP contribution in [0.1, 0.15) is 19.8 Å². The highest BCUT2D eigenvalue weighted by Crippen LogP contribution is 2.32. The molecular weight excluding hydrogens is 342 g/mol. The Balaban J connectivity index is 2.25. The number of carbonyl (C=O) groups excluding carboxylic acids is 1. The maximum absolute atomic E-state index is 12.0. The van der Waals surface area contributed by atoms with Crippen molar-refractivity contribution < 1.29 is 4.79 Å². The van der Waals surface area contributed by atoms with Crippen molar-refractivity contribution in [2.24, 2.45) is 5.73 Å². The molecule has 0 saturated carbocycles. The Labute approximate surface area is 132 Å². The third-order valence-corrected chi connectivity index (χ3v) is 5.28. The molecule has 0 radical (unpaired) electrons. The van der Waals surface area contributed by atoms with Gasteiger partial charge in [-0.1, -0.05) is 11.6 Å². The molecule has 2 unspecified atom stereocenters. The highest BCUT2D eigenvalue weighted by Gasteiger charge is 2.42. The summed E-state index contributed by atoms with van der Waals surface area (Å²) < 4.78 is 0.796. The Morgan fingerprint density at radius 3 is 2.85 bits per heavy atom. The fourth-order valence-corrected chi connectivity index (χ4v) is 3.10. The van der Waals surface area contributed by atoms with Crippen LogP contribution in [0, 0.1) is 0 Å². The summed E-state index contributed by atoms with van der Waals surface area (Å²) in [7, 11) is 2.06. The highest BCUT2D eigenvalue weighted by molar-refractivity contribution is 9.10. The van der Waals surface area contributed by atoms with Crippen molar-refractivity contribution in [2.45, 2.75) is 31.3 Å². The van der Waals surface area contributed by atoms with Gasteiger partial charge < -0.3 is 16.0 Å². The van der Waals surface area contributed by atoms with Crippen molar-refractivity contribution in [3.63, 3.8) is 0 Å². The second-order valence-corrected chi connectivity index (χ2v) is 6.75. The lowest BCUT2D eigenvalue weighted by Gasteiger charge is -2.43. The van der Waals surface area contributed by atoms with E-state index in [0.29, 0.717) is 23.9 Å². The predicted octanol–water partition coefficient (Wildman–Crippen LogP) is 2.85. The number of nitrogens with zero attached hydrogens (tertiary/aromatic N) is 1. The van der Waals surface area contributed by atoms with Crippen LogP contribution < -0.4 is 11.1 Å². The lowest BCUT2D eigenvalue weighted by Crippen LogP contribution is -2.59. The van der Waals surface area contributed by atoms with E-state index in [-0.39, 0.29) is 5.91 Å². The fourth-order valence-electron chi connectivity index (χ4n) is 2.60. The quantitative estimate of drug-likeness (QED) is 0.871. The summed E-state index contributed by atoms with van der Waals surface area (Å²) in [5.74, 6) is -0.302. The van der Waals surface area contributed by atoms with Crippen LogP contribution in [0.5, 0.6) is 0 Å². The summed E-state index contributed by atoms with van der Waals surface area (Å²) in [6.07, 6.45) is 1.39. The Kier molecular flexibility index (Phi) is 4.62. The number of likely N-dealkylation sites (tertiary alicyclic amines) is 1. The van der Waals surface area contributed by atoms with Crippen molar-refractivity contribution in [3.8, 4) is 0 Å². The van der Waals surface area contributed by atoms with Crippen LogP contribution in [0.3, 0.4) is 0 Å². The molecule has 0 spiro atoms. The number of hydrogen-bond donors (Lipinski definition) is 2. The van der Waals surface area contributed by atoms with Crippen molar-refractivity contribution in [3.05, 3.63) is 27.7 Å². The number of nitrogens with one attached hydrogen (secondary N) is 1. The van der Waals surface area contributed by atoms with Gasteiger partial charge in [-0.05, 0) is 60.9 Å². The zero-order valence-corrected chi connectivity index (χ0v) is 14.0. The van der Waals surface area contributed by atoms with E-state index in [1.165, 1.54) is 0 Å². The maximum Gasteiger partial charge on any atom is 0.243 e. The highest BCUT2D eigenvalue weighted by atomic mass is 79.9. The Morgan fingerprint density at radius 1 is 1.60 bits per heavy atom. The number of rotatable bonds is 3. The van der Waals surface area contributed by atoms with Crippen molar-refractivity contribution in [2.75, 3.05) is 18.9 Å². The second-order valence-electron chi connectivity index (χ2n) is 5.48. The molecule has 2 atom stereocenters. The third kappa shape index (κ3) is 3.10. The summed E-state index contributed by atoms with van der Waals surface area (Å²) in [4.78, 5) is 14.2. The zero-order chi connectivity index (χ0) is 14.9. The number of hydrogen-bond acceptors (Lipinski definition) is 3. The van der Waals surface area contributed by atoms with Gasteiger partial charge in [0.25, 0.3) is 0 Å². The van der Waals surface area contributed by atoms with Gasteiger partial charge in [-0.3, -0.25) is 4.79 Å². The standard InChI is InChI=1S/C14H19BrClN3O/c1-9-8-14(13(17)20,5-6-19(9)2)18-10-3-4-12(16)11(15)7-10/h3-4,7,9,18H,5-6,8H2,1-2H3,(H2,17,20). The van der Waals surface area contributed by atoms with Crippen LogP contribution in [0.2, 0.25) is 5.02 Å². The molecule has 110 valence electrons. The van der Waals surface area contributed by atoms with Crippen LogP contribution in [-0.2, 0) is 4.79 Å². The van der Waals surface area contributed by atoms with Gasteiger partial charge in [-0.2, -0.15) is 0 Å². The SMILES string of the molecule is CC1CC(Nc2ccc(Cl)c(Br)c2)(C(N)=O)CCN1C. The number of carbonyl (C=O) groups is 1.